The molecular formula is C12H24N2O2. The predicted molar refractivity (Wildman–Crippen MR) is 64.1 cm³/mol. The first-order valence-electron chi connectivity index (χ1n) is 6.25. The Hall–Kier alpha value is -0.610. The van der Waals surface area contributed by atoms with Crippen molar-refractivity contribution < 1.29 is 9.53 Å². The molecule has 94 valence electrons. The second kappa shape index (κ2) is 6.21. The van der Waals surface area contributed by atoms with Crippen molar-refractivity contribution in [3.63, 3.8) is 0 Å². The zero-order chi connectivity index (χ0) is 12.0. The first-order valence-corrected chi connectivity index (χ1v) is 6.25. The minimum atomic E-state index is -0.273. The van der Waals surface area contributed by atoms with Crippen molar-refractivity contribution in [1.82, 2.24) is 4.90 Å². The van der Waals surface area contributed by atoms with Crippen LogP contribution < -0.4 is 5.73 Å². The van der Waals surface area contributed by atoms with Crippen LogP contribution in [0.15, 0.2) is 0 Å². The monoisotopic (exact) mass is 228 g/mol. The number of nitrogens with zero attached hydrogens (tertiary/aromatic N) is 1. The van der Waals surface area contributed by atoms with Crippen molar-refractivity contribution in [3.8, 4) is 0 Å². The quantitative estimate of drug-likeness (QED) is 0.742. The van der Waals surface area contributed by atoms with E-state index in [0.717, 1.165) is 38.8 Å². The Balaban J connectivity index is 2.21. The molecule has 1 rings (SSSR count). The lowest BCUT2D eigenvalue weighted by molar-refractivity contribution is -0.135. The molecule has 1 amide bonds. The van der Waals surface area contributed by atoms with E-state index in [4.69, 9.17) is 10.5 Å². The SMILES string of the molecule is CCC(N)(CC)COCC(=O)N1CCCC1. The minimum Gasteiger partial charge on any atom is -0.370 e. The third-order valence-electron chi connectivity index (χ3n) is 3.48. The van der Waals surface area contributed by atoms with Crippen molar-refractivity contribution in [2.45, 2.75) is 45.1 Å². The highest BCUT2D eigenvalue weighted by atomic mass is 16.5. The molecule has 0 bridgehead atoms. The predicted octanol–water partition coefficient (Wildman–Crippen LogP) is 1.14. The van der Waals surface area contributed by atoms with Crippen LogP contribution in [-0.4, -0.2) is 42.6 Å². The molecule has 4 heteroatoms. The number of ether oxygens (including phenoxy) is 1. The van der Waals surface area contributed by atoms with Crippen molar-refractivity contribution in [3.05, 3.63) is 0 Å². The van der Waals surface area contributed by atoms with Gasteiger partial charge < -0.3 is 15.4 Å². The van der Waals surface area contributed by atoms with Crippen LogP contribution in [-0.2, 0) is 9.53 Å². The lowest BCUT2D eigenvalue weighted by Crippen LogP contribution is -2.44. The lowest BCUT2D eigenvalue weighted by atomic mass is 9.96. The van der Waals surface area contributed by atoms with E-state index in [9.17, 15) is 4.79 Å². The van der Waals surface area contributed by atoms with E-state index in [2.05, 4.69) is 13.8 Å². The molecule has 1 aliphatic heterocycles. The van der Waals surface area contributed by atoms with Gasteiger partial charge in [0, 0.05) is 18.6 Å². The average molecular weight is 228 g/mol. The molecular weight excluding hydrogens is 204 g/mol. The van der Waals surface area contributed by atoms with Crippen LogP contribution in [0.3, 0.4) is 0 Å². The maximum Gasteiger partial charge on any atom is 0.248 e. The fourth-order valence-electron chi connectivity index (χ4n) is 1.85. The molecule has 0 aromatic rings. The first-order chi connectivity index (χ1) is 7.61. The van der Waals surface area contributed by atoms with Gasteiger partial charge in [-0.1, -0.05) is 13.8 Å². The molecule has 4 nitrogen and oxygen atoms in total. The number of nitrogens with two attached hydrogens (primary N) is 1. The lowest BCUT2D eigenvalue weighted by Gasteiger charge is -2.26. The second-order valence-electron chi connectivity index (χ2n) is 4.65. The summed E-state index contributed by atoms with van der Waals surface area (Å²) in [5.41, 5.74) is 5.81. The molecule has 0 unspecified atom stereocenters. The highest BCUT2D eigenvalue weighted by molar-refractivity contribution is 5.77. The van der Waals surface area contributed by atoms with Crippen LogP contribution in [0.4, 0.5) is 0 Å². The Morgan fingerprint density at radius 3 is 2.38 bits per heavy atom. The van der Waals surface area contributed by atoms with Gasteiger partial charge in [0.1, 0.15) is 6.61 Å². The molecule has 0 atom stereocenters. The molecule has 0 spiro atoms. The molecule has 1 fully saturated rings. The van der Waals surface area contributed by atoms with Gasteiger partial charge in [-0.05, 0) is 25.7 Å². The van der Waals surface area contributed by atoms with Gasteiger partial charge in [0.25, 0.3) is 0 Å². The number of rotatable bonds is 6. The zero-order valence-corrected chi connectivity index (χ0v) is 10.5. The van der Waals surface area contributed by atoms with E-state index in [-0.39, 0.29) is 18.1 Å². The highest BCUT2D eigenvalue weighted by Crippen LogP contribution is 2.12. The van der Waals surface area contributed by atoms with Crippen LogP contribution in [0.5, 0.6) is 0 Å². The third kappa shape index (κ3) is 3.76. The van der Waals surface area contributed by atoms with E-state index in [1.165, 1.54) is 0 Å². The number of carbonyl (C=O) groups is 1. The Bertz CT molecular complexity index is 221. The number of amides is 1. The Morgan fingerprint density at radius 1 is 1.31 bits per heavy atom. The van der Waals surface area contributed by atoms with Crippen LogP contribution in [0, 0.1) is 0 Å². The van der Waals surface area contributed by atoms with Gasteiger partial charge in [-0.2, -0.15) is 0 Å². The number of carbonyl (C=O) groups excluding carboxylic acids is 1. The van der Waals surface area contributed by atoms with Crippen molar-refractivity contribution in [1.29, 1.82) is 0 Å². The van der Waals surface area contributed by atoms with Gasteiger partial charge in [0.05, 0.1) is 6.61 Å². The molecule has 1 saturated heterocycles. The number of hydrogen-bond donors (Lipinski definition) is 1. The van der Waals surface area contributed by atoms with Crippen molar-refractivity contribution in [2.24, 2.45) is 5.73 Å². The molecule has 16 heavy (non-hydrogen) atoms. The summed E-state index contributed by atoms with van der Waals surface area (Å²) < 4.78 is 5.44. The summed E-state index contributed by atoms with van der Waals surface area (Å²) in [7, 11) is 0. The third-order valence-corrected chi connectivity index (χ3v) is 3.48. The summed E-state index contributed by atoms with van der Waals surface area (Å²) in [6, 6.07) is 0. The van der Waals surface area contributed by atoms with E-state index in [1.807, 2.05) is 4.90 Å². The summed E-state index contributed by atoms with van der Waals surface area (Å²) >= 11 is 0. The summed E-state index contributed by atoms with van der Waals surface area (Å²) in [5.74, 6) is 0.104. The maximum atomic E-state index is 11.7. The maximum absolute atomic E-state index is 11.7. The first kappa shape index (κ1) is 13.5. The van der Waals surface area contributed by atoms with Gasteiger partial charge in [-0.25, -0.2) is 0 Å². The largest absolute Gasteiger partial charge is 0.370 e. The summed E-state index contributed by atoms with van der Waals surface area (Å²) in [6.45, 7) is 6.53. The summed E-state index contributed by atoms with van der Waals surface area (Å²) in [5, 5.41) is 0. The molecule has 1 aliphatic rings. The molecule has 0 aliphatic carbocycles. The van der Waals surface area contributed by atoms with E-state index in [1.54, 1.807) is 0 Å². The van der Waals surface area contributed by atoms with E-state index >= 15 is 0 Å². The van der Waals surface area contributed by atoms with Crippen molar-refractivity contribution >= 4 is 5.91 Å². The molecule has 1 heterocycles. The number of likely N-dealkylation sites (tertiary alicyclic amines) is 1. The Kier molecular flexibility index (Phi) is 5.22. The van der Waals surface area contributed by atoms with Crippen LogP contribution in [0.25, 0.3) is 0 Å². The molecule has 0 radical (unpaired) electrons. The Morgan fingerprint density at radius 2 is 1.88 bits per heavy atom. The minimum absolute atomic E-state index is 0.104. The fraction of sp³-hybridized carbons (Fsp3) is 0.917. The fourth-order valence-corrected chi connectivity index (χ4v) is 1.85. The molecule has 0 saturated carbocycles. The summed E-state index contributed by atoms with van der Waals surface area (Å²) in [4.78, 5) is 13.5. The van der Waals surface area contributed by atoms with Crippen LogP contribution >= 0.6 is 0 Å². The van der Waals surface area contributed by atoms with E-state index in [0.29, 0.717) is 6.61 Å². The van der Waals surface area contributed by atoms with Gasteiger partial charge >= 0.3 is 0 Å². The molecule has 2 N–H and O–H groups in total. The van der Waals surface area contributed by atoms with Crippen LogP contribution in [0.2, 0.25) is 0 Å². The van der Waals surface area contributed by atoms with Crippen LogP contribution in [0.1, 0.15) is 39.5 Å². The van der Waals surface area contributed by atoms with Gasteiger partial charge in [0.15, 0.2) is 0 Å². The van der Waals surface area contributed by atoms with Gasteiger partial charge in [-0.15, -0.1) is 0 Å². The molecule has 0 aromatic carbocycles. The number of hydrogen-bond acceptors (Lipinski definition) is 3. The van der Waals surface area contributed by atoms with E-state index < -0.39 is 0 Å². The highest BCUT2D eigenvalue weighted by Gasteiger charge is 2.22. The summed E-state index contributed by atoms with van der Waals surface area (Å²) in [6.07, 6.45) is 4.00. The average Bonchev–Trinajstić information content (AvgIpc) is 2.82. The smallest absolute Gasteiger partial charge is 0.248 e. The zero-order valence-electron chi connectivity index (χ0n) is 10.5. The van der Waals surface area contributed by atoms with Gasteiger partial charge in [-0.3, -0.25) is 4.79 Å². The Labute approximate surface area is 98.1 Å². The standard InChI is InChI=1S/C12H24N2O2/c1-3-12(13,4-2)10-16-9-11(15)14-7-5-6-8-14/h3-10,13H2,1-2H3. The normalized spacial score (nSPS) is 16.8. The topological polar surface area (TPSA) is 55.6 Å². The van der Waals surface area contributed by atoms with Crippen molar-refractivity contribution in [2.75, 3.05) is 26.3 Å². The second-order valence-corrected chi connectivity index (χ2v) is 4.65. The molecule has 0 aromatic heterocycles. The van der Waals surface area contributed by atoms with Gasteiger partial charge in [0.2, 0.25) is 5.91 Å².